The van der Waals surface area contributed by atoms with Crippen LogP contribution in [0.5, 0.6) is 0 Å². The van der Waals surface area contributed by atoms with Crippen molar-refractivity contribution in [1.82, 2.24) is 9.97 Å². The molecule has 3 heteroatoms. The van der Waals surface area contributed by atoms with Crippen LogP contribution in [0.2, 0.25) is 0 Å². The van der Waals surface area contributed by atoms with Crippen LogP contribution in [0.3, 0.4) is 0 Å². The molecule has 0 saturated heterocycles. The number of aromatic nitrogens is 2. The molecule has 0 aliphatic heterocycles. The molecule has 0 radical (unpaired) electrons. The second kappa shape index (κ2) is 3.69. The van der Waals surface area contributed by atoms with E-state index in [4.69, 9.17) is 5.73 Å². The van der Waals surface area contributed by atoms with Gasteiger partial charge in [0.25, 0.3) is 0 Å². The number of aryl methyl sites for hydroxylation is 2. The summed E-state index contributed by atoms with van der Waals surface area (Å²) < 4.78 is 0. The van der Waals surface area contributed by atoms with E-state index in [0.29, 0.717) is 5.69 Å². The van der Waals surface area contributed by atoms with Crippen LogP contribution in [0.15, 0.2) is 30.6 Å². The van der Waals surface area contributed by atoms with Crippen LogP contribution in [-0.2, 0) is 0 Å². The van der Waals surface area contributed by atoms with E-state index in [0.717, 1.165) is 11.4 Å². The Hall–Kier alpha value is -1.90. The van der Waals surface area contributed by atoms with E-state index in [1.54, 1.807) is 12.4 Å². The predicted octanol–water partition coefficient (Wildman–Crippen LogP) is 2.34. The molecule has 0 bridgehead atoms. The predicted molar refractivity (Wildman–Crippen MR) is 61.4 cm³/mol. The van der Waals surface area contributed by atoms with Crippen LogP contribution in [0, 0.1) is 13.8 Å². The minimum absolute atomic E-state index is 0.587. The molecule has 0 saturated carbocycles. The second-order valence-corrected chi connectivity index (χ2v) is 3.66. The molecule has 0 spiro atoms. The Morgan fingerprint density at radius 2 is 1.73 bits per heavy atom. The summed E-state index contributed by atoms with van der Waals surface area (Å²) in [5, 5.41) is 0. The normalized spacial score (nSPS) is 10.3. The summed E-state index contributed by atoms with van der Waals surface area (Å²) in [6.45, 7) is 4.11. The van der Waals surface area contributed by atoms with E-state index in [9.17, 15) is 0 Å². The van der Waals surface area contributed by atoms with Crippen molar-refractivity contribution >= 4 is 5.69 Å². The third kappa shape index (κ3) is 1.96. The van der Waals surface area contributed by atoms with Crippen molar-refractivity contribution in [3.8, 4) is 11.4 Å². The highest BCUT2D eigenvalue weighted by molar-refractivity contribution is 5.61. The van der Waals surface area contributed by atoms with Gasteiger partial charge < -0.3 is 5.73 Å². The Labute approximate surface area is 89.0 Å². The van der Waals surface area contributed by atoms with E-state index in [1.807, 2.05) is 0 Å². The number of hydrogen-bond acceptors (Lipinski definition) is 3. The summed E-state index contributed by atoms with van der Waals surface area (Å²) >= 11 is 0. The van der Waals surface area contributed by atoms with Gasteiger partial charge in [-0.3, -0.25) is 0 Å². The van der Waals surface area contributed by atoms with Crippen molar-refractivity contribution in [2.75, 3.05) is 5.73 Å². The van der Waals surface area contributed by atoms with E-state index in [1.165, 1.54) is 11.1 Å². The number of nitrogens with zero attached hydrogens (tertiary/aromatic N) is 2. The number of hydrogen-bond donors (Lipinski definition) is 1. The lowest BCUT2D eigenvalue weighted by atomic mass is 10.1. The van der Waals surface area contributed by atoms with Gasteiger partial charge in [-0.15, -0.1) is 0 Å². The average Bonchev–Trinajstić information content (AvgIpc) is 2.23. The molecule has 76 valence electrons. The van der Waals surface area contributed by atoms with Gasteiger partial charge in [0.1, 0.15) is 0 Å². The summed E-state index contributed by atoms with van der Waals surface area (Å²) in [5.74, 6) is 0.727. The van der Waals surface area contributed by atoms with E-state index in [-0.39, 0.29) is 0 Å². The van der Waals surface area contributed by atoms with Crippen LogP contribution in [0.25, 0.3) is 11.4 Å². The Bertz CT molecular complexity index is 475. The Morgan fingerprint density at radius 3 is 2.40 bits per heavy atom. The number of rotatable bonds is 1. The zero-order valence-corrected chi connectivity index (χ0v) is 8.86. The molecule has 0 amide bonds. The van der Waals surface area contributed by atoms with Crippen molar-refractivity contribution < 1.29 is 0 Å². The third-order valence-corrected chi connectivity index (χ3v) is 2.31. The number of benzene rings is 1. The van der Waals surface area contributed by atoms with E-state index in [2.05, 4.69) is 42.0 Å². The first-order valence-corrected chi connectivity index (χ1v) is 4.82. The lowest BCUT2D eigenvalue weighted by molar-refractivity contribution is 1.17. The van der Waals surface area contributed by atoms with E-state index >= 15 is 0 Å². The van der Waals surface area contributed by atoms with Gasteiger partial charge in [0.05, 0.1) is 18.1 Å². The summed E-state index contributed by atoms with van der Waals surface area (Å²) in [6.07, 6.45) is 3.26. The van der Waals surface area contributed by atoms with Gasteiger partial charge >= 0.3 is 0 Å². The molecule has 0 atom stereocenters. The highest BCUT2D eigenvalue weighted by Gasteiger charge is 2.04. The lowest BCUT2D eigenvalue weighted by Crippen LogP contribution is -1.94. The zero-order chi connectivity index (χ0) is 10.8. The van der Waals surface area contributed by atoms with Crippen LogP contribution in [0.4, 0.5) is 5.69 Å². The van der Waals surface area contributed by atoms with Crippen molar-refractivity contribution in [1.29, 1.82) is 0 Å². The number of nitrogens with two attached hydrogens (primary N) is 1. The monoisotopic (exact) mass is 199 g/mol. The number of nitrogen functional groups attached to an aromatic ring is 1. The Morgan fingerprint density at radius 1 is 1.07 bits per heavy atom. The Balaban J connectivity index is 2.53. The quantitative estimate of drug-likeness (QED) is 0.767. The first-order chi connectivity index (χ1) is 7.16. The number of anilines is 1. The van der Waals surface area contributed by atoms with E-state index < -0.39 is 0 Å². The van der Waals surface area contributed by atoms with Crippen molar-refractivity contribution in [2.24, 2.45) is 0 Å². The average molecular weight is 199 g/mol. The second-order valence-electron chi connectivity index (χ2n) is 3.66. The molecule has 2 aromatic rings. The highest BCUT2D eigenvalue weighted by atomic mass is 14.9. The van der Waals surface area contributed by atoms with Crippen molar-refractivity contribution in [2.45, 2.75) is 13.8 Å². The van der Waals surface area contributed by atoms with Gasteiger partial charge in [-0.25, -0.2) is 9.97 Å². The molecular weight excluding hydrogens is 186 g/mol. The van der Waals surface area contributed by atoms with Gasteiger partial charge in [-0.1, -0.05) is 17.7 Å². The smallest absolute Gasteiger partial charge is 0.159 e. The summed E-state index contributed by atoms with van der Waals surface area (Å²) in [5.41, 5.74) is 9.58. The van der Waals surface area contributed by atoms with Crippen molar-refractivity contribution in [3.63, 3.8) is 0 Å². The highest BCUT2D eigenvalue weighted by Crippen LogP contribution is 2.20. The van der Waals surface area contributed by atoms with Crippen LogP contribution in [-0.4, -0.2) is 9.97 Å². The molecule has 2 rings (SSSR count). The molecule has 3 nitrogen and oxygen atoms in total. The van der Waals surface area contributed by atoms with Gasteiger partial charge in [0.2, 0.25) is 0 Å². The van der Waals surface area contributed by atoms with Crippen LogP contribution in [0.1, 0.15) is 11.1 Å². The maximum atomic E-state index is 5.55. The first kappa shape index (κ1) is 9.65. The van der Waals surface area contributed by atoms with Gasteiger partial charge in [-0.05, 0) is 25.5 Å². The molecular formula is C12H13N3. The molecule has 15 heavy (non-hydrogen) atoms. The minimum Gasteiger partial charge on any atom is -0.396 e. The largest absolute Gasteiger partial charge is 0.396 e. The zero-order valence-electron chi connectivity index (χ0n) is 8.86. The molecule has 2 N–H and O–H groups in total. The van der Waals surface area contributed by atoms with Crippen LogP contribution >= 0.6 is 0 Å². The molecule has 1 aromatic heterocycles. The molecule has 0 unspecified atom stereocenters. The maximum absolute atomic E-state index is 5.55. The fraction of sp³-hybridized carbons (Fsp3) is 0.167. The minimum atomic E-state index is 0.587. The fourth-order valence-electron chi connectivity index (χ4n) is 1.45. The standard InChI is InChI=1S/C12H13N3/c1-8-3-4-9(2)11(5-8)12-14-6-10(13)7-15-12/h3-7H,13H2,1-2H3. The lowest BCUT2D eigenvalue weighted by Gasteiger charge is -2.05. The molecule has 0 fully saturated rings. The first-order valence-electron chi connectivity index (χ1n) is 4.82. The molecule has 0 aliphatic carbocycles. The van der Waals surface area contributed by atoms with Gasteiger partial charge in [0, 0.05) is 5.56 Å². The summed E-state index contributed by atoms with van der Waals surface area (Å²) in [4.78, 5) is 8.43. The molecule has 1 heterocycles. The molecule has 1 aromatic carbocycles. The van der Waals surface area contributed by atoms with Crippen molar-refractivity contribution in [3.05, 3.63) is 41.7 Å². The summed E-state index contributed by atoms with van der Waals surface area (Å²) in [6, 6.07) is 6.24. The van der Waals surface area contributed by atoms with Gasteiger partial charge in [0.15, 0.2) is 5.82 Å². The SMILES string of the molecule is Cc1ccc(C)c(-c2ncc(N)cn2)c1. The topological polar surface area (TPSA) is 51.8 Å². The fourth-order valence-corrected chi connectivity index (χ4v) is 1.45. The van der Waals surface area contributed by atoms with Crippen LogP contribution < -0.4 is 5.73 Å². The maximum Gasteiger partial charge on any atom is 0.159 e. The third-order valence-electron chi connectivity index (χ3n) is 2.31. The van der Waals surface area contributed by atoms with Gasteiger partial charge in [-0.2, -0.15) is 0 Å². The summed E-state index contributed by atoms with van der Waals surface area (Å²) in [7, 11) is 0. The molecule has 0 aliphatic rings. The Kier molecular flexibility index (Phi) is 2.37.